The first-order valence-electron chi connectivity index (χ1n) is 5.86. The van der Waals surface area contributed by atoms with E-state index in [4.69, 9.17) is 22.1 Å². The molecule has 0 radical (unpaired) electrons. The lowest BCUT2D eigenvalue weighted by molar-refractivity contribution is 0.381. The van der Waals surface area contributed by atoms with E-state index in [1.165, 1.54) is 7.11 Å². The van der Waals surface area contributed by atoms with Gasteiger partial charge in [0.25, 0.3) is 0 Å². The van der Waals surface area contributed by atoms with E-state index in [0.29, 0.717) is 6.54 Å². The quantitative estimate of drug-likeness (QED) is 0.902. The third-order valence-corrected chi connectivity index (χ3v) is 4.05. The predicted molar refractivity (Wildman–Crippen MR) is 67.2 cm³/mol. The summed E-state index contributed by atoms with van der Waals surface area (Å²) in [6.45, 7) is 0.568. The number of hydrogen-bond donors (Lipinski definition) is 1. The van der Waals surface area contributed by atoms with Crippen molar-refractivity contribution in [3.05, 3.63) is 28.5 Å². The molecule has 2 rings (SSSR count). The lowest BCUT2D eigenvalue weighted by Gasteiger charge is -2.28. The van der Waals surface area contributed by atoms with Crippen LogP contribution < -0.4 is 10.5 Å². The van der Waals surface area contributed by atoms with Crippen LogP contribution in [0.2, 0.25) is 5.02 Å². The van der Waals surface area contributed by atoms with E-state index in [1.807, 2.05) is 0 Å². The van der Waals surface area contributed by atoms with E-state index < -0.39 is 5.82 Å². The second-order valence-corrected chi connectivity index (χ2v) is 5.07. The monoisotopic (exact) mass is 257 g/mol. The van der Waals surface area contributed by atoms with Crippen LogP contribution in [0, 0.1) is 5.82 Å². The highest BCUT2D eigenvalue weighted by atomic mass is 35.5. The van der Waals surface area contributed by atoms with E-state index in [-0.39, 0.29) is 16.2 Å². The molecule has 0 aliphatic heterocycles. The van der Waals surface area contributed by atoms with Gasteiger partial charge >= 0.3 is 0 Å². The first-order chi connectivity index (χ1) is 8.13. The van der Waals surface area contributed by atoms with Crippen LogP contribution in [0.25, 0.3) is 0 Å². The van der Waals surface area contributed by atoms with Crippen molar-refractivity contribution >= 4 is 11.6 Å². The molecule has 1 aliphatic rings. The Hall–Kier alpha value is -0.800. The van der Waals surface area contributed by atoms with Gasteiger partial charge in [0.1, 0.15) is 0 Å². The van der Waals surface area contributed by atoms with Crippen LogP contribution in [0.1, 0.15) is 31.2 Å². The number of halogens is 2. The molecule has 4 heteroatoms. The largest absolute Gasteiger partial charge is 0.494 e. The number of rotatable bonds is 3. The summed E-state index contributed by atoms with van der Waals surface area (Å²) in [5, 5.41) is 0.110. The van der Waals surface area contributed by atoms with Crippen molar-refractivity contribution in [1.82, 2.24) is 0 Å². The Balaban J connectivity index is 2.48. The van der Waals surface area contributed by atoms with Crippen molar-refractivity contribution in [3.63, 3.8) is 0 Å². The average molecular weight is 258 g/mol. The summed E-state index contributed by atoms with van der Waals surface area (Å²) in [6, 6.07) is 3.43. The molecule has 17 heavy (non-hydrogen) atoms. The molecule has 0 heterocycles. The van der Waals surface area contributed by atoms with Gasteiger partial charge in [0.15, 0.2) is 11.6 Å². The third kappa shape index (κ3) is 2.14. The van der Waals surface area contributed by atoms with Gasteiger partial charge in [-0.1, -0.05) is 24.4 Å². The maximum absolute atomic E-state index is 13.6. The van der Waals surface area contributed by atoms with Crippen molar-refractivity contribution in [2.75, 3.05) is 13.7 Å². The van der Waals surface area contributed by atoms with Gasteiger partial charge in [0, 0.05) is 12.0 Å². The zero-order valence-corrected chi connectivity index (χ0v) is 10.7. The summed E-state index contributed by atoms with van der Waals surface area (Å²) in [5.74, 6) is -0.296. The lowest BCUT2D eigenvalue weighted by atomic mass is 9.79. The normalized spacial score (nSPS) is 18.4. The summed E-state index contributed by atoms with van der Waals surface area (Å²) < 4.78 is 18.6. The van der Waals surface area contributed by atoms with Gasteiger partial charge in [-0.05, 0) is 30.5 Å². The highest BCUT2D eigenvalue weighted by molar-refractivity contribution is 6.31. The van der Waals surface area contributed by atoms with Crippen LogP contribution in [0.5, 0.6) is 5.75 Å². The van der Waals surface area contributed by atoms with E-state index in [0.717, 1.165) is 31.2 Å². The van der Waals surface area contributed by atoms with Gasteiger partial charge in [-0.25, -0.2) is 4.39 Å². The molecule has 0 aromatic heterocycles. The highest BCUT2D eigenvalue weighted by Crippen LogP contribution is 2.42. The van der Waals surface area contributed by atoms with Gasteiger partial charge in [0.2, 0.25) is 0 Å². The highest BCUT2D eigenvalue weighted by Gasteiger charge is 2.35. The Kier molecular flexibility index (Phi) is 3.59. The Morgan fingerprint density at radius 3 is 2.59 bits per heavy atom. The van der Waals surface area contributed by atoms with Crippen LogP contribution >= 0.6 is 11.6 Å². The fourth-order valence-electron chi connectivity index (χ4n) is 2.68. The predicted octanol–water partition coefficient (Wildman–Crippen LogP) is 3.26. The minimum Gasteiger partial charge on any atom is -0.494 e. The van der Waals surface area contributed by atoms with Crippen molar-refractivity contribution in [2.24, 2.45) is 5.73 Å². The maximum atomic E-state index is 13.6. The van der Waals surface area contributed by atoms with Gasteiger partial charge < -0.3 is 10.5 Å². The van der Waals surface area contributed by atoms with Gasteiger partial charge in [-0.2, -0.15) is 0 Å². The summed E-state index contributed by atoms with van der Waals surface area (Å²) in [4.78, 5) is 0. The van der Waals surface area contributed by atoms with Crippen molar-refractivity contribution in [1.29, 1.82) is 0 Å². The molecule has 1 aliphatic carbocycles. The number of methoxy groups -OCH3 is 1. The number of benzene rings is 1. The van der Waals surface area contributed by atoms with Crippen LogP contribution in [-0.2, 0) is 5.41 Å². The van der Waals surface area contributed by atoms with Crippen molar-refractivity contribution < 1.29 is 9.13 Å². The first kappa shape index (κ1) is 12.7. The standard InChI is InChI=1S/C13H17ClFNO/c1-17-11-7-9(6-10(14)12(11)15)13(8-16)4-2-3-5-13/h6-7H,2-5,8,16H2,1H3. The van der Waals surface area contributed by atoms with E-state index in [9.17, 15) is 4.39 Å². The molecule has 0 atom stereocenters. The van der Waals surface area contributed by atoms with Crippen LogP contribution in [0.4, 0.5) is 4.39 Å². The molecule has 94 valence electrons. The molecule has 1 aromatic rings. The second kappa shape index (κ2) is 4.83. The molecule has 0 saturated heterocycles. The van der Waals surface area contributed by atoms with Crippen LogP contribution in [0.3, 0.4) is 0 Å². The maximum Gasteiger partial charge on any atom is 0.183 e. The van der Waals surface area contributed by atoms with Gasteiger partial charge in [0.05, 0.1) is 12.1 Å². The zero-order chi connectivity index (χ0) is 12.5. The second-order valence-electron chi connectivity index (χ2n) is 4.67. The molecule has 1 saturated carbocycles. The molecule has 0 amide bonds. The molecule has 1 aromatic carbocycles. The fourth-order valence-corrected chi connectivity index (χ4v) is 2.89. The summed E-state index contributed by atoms with van der Waals surface area (Å²) in [5.41, 5.74) is 6.85. The third-order valence-electron chi connectivity index (χ3n) is 3.78. The smallest absolute Gasteiger partial charge is 0.183 e. The Bertz CT molecular complexity index is 416. The Morgan fingerprint density at radius 1 is 1.41 bits per heavy atom. The molecular formula is C13H17ClFNO. The number of nitrogens with two attached hydrogens (primary N) is 1. The van der Waals surface area contributed by atoms with Gasteiger partial charge in [-0.15, -0.1) is 0 Å². The summed E-state index contributed by atoms with van der Waals surface area (Å²) >= 11 is 5.90. The lowest BCUT2D eigenvalue weighted by Crippen LogP contribution is -2.32. The molecule has 1 fully saturated rings. The molecule has 0 spiro atoms. The molecule has 0 unspecified atom stereocenters. The average Bonchev–Trinajstić information content (AvgIpc) is 2.82. The van der Waals surface area contributed by atoms with Crippen LogP contribution in [-0.4, -0.2) is 13.7 Å². The van der Waals surface area contributed by atoms with E-state index in [2.05, 4.69) is 0 Å². The first-order valence-corrected chi connectivity index (χ1v) is 6.24. The van der Waals surface area contributed by atoms with Gasteiger partial charge in [-0.3, -0.25) is 0 Å². The van der Waals surface area contributed by atoms with Crippen molar-refractivity contribution in [3.8, 4) is 5.75 Å². The SMILES string of the molecule is COc1cc(C2(CN)CCCC2)cc(Cl)c1F. The Labute approximate surface area is 106 Å². The summed E-state index contributed by atoms with van der Waals surface area (Å²) in [6.07, 6.45) is 4.40. The number of ether oxygens (including phenoxy) is 1. The van der Waals surface area contributed by atoms with E-state index in [1.54, 1.807) is 12.1 Å². The fraction of sp³-hybridized carbons (Fsp3) is 0.538. The topological polar surface area (TPSA) is 35.2 Å². The minimum atomic E-state index is -0.497. The van der Waals surface area contributed by atoms with Crippen LogP contribution in [0.15, 0.2) is 12.1 Å². The van der Waals surface area contributed by atoms with E-state index >= 15 is 0 Å². The minimum absolute atomic E-state index is 0.0510. The number of hydrogen-bond acceptors (Lipinski definition) is 2. The molecule has 2 N–H and O–H groups in total. The Morgan fingerprint density at radius 2 is 2.06 bits per heavy atom. The summed E-state index contributed by atoms with van der Waals surface area (Å²) in [7, 11) is 1.45. The van der Waals surface area contributed by atoms with Crippen molar-refractivity contribution in [2.45, 2.75) is 31.1 Å². The zero-order valence-electron chi connectivity index (χ0n) is 9.93. The molecule has 0 bridgehead atoms. The molecular weight excluding hydrogens is 241 g/mol. The molecule has 2 nitrogen and oxygen atoms in total.